The van der Waals surface area contributed by atoms with Gasteiger partial charge in [0.05, 0.1) is 4.90 Å². The molecular formula is C13H16F3NO3S. The Hall–Kier alpha value is -1.28. The zero-order valence-corrected chi connectivity index (χ0v) is 12.2. The average molecular weight is 323 g/mol. The minimum atomic E-state index is -4.79. The van der Waals surface area contributed by atoms with E-state index in [1.807, 2.05) is 6.92 Å². The van der Waals surface area contributed by atoms with Crippen LogP contribution in [0.3, 0.4) is 0 Å². The molecule has 8 heteroatoms. The maximum Gasteiger partial charge on any atom is 0.573 e. The molecule has 1 aromatic rings. The summed E-state index contributed by atoms with van der Waals surface area (Å²) in [6, 6.07) is 4.28. The highest BCUT2D eigenvalue weighted by Crippen LogP contribution is 2.27. The Bertz CT molecular complexity index is 584. The Morgan fingerprint density at radius 1 is 1.24 bits per heavy atom. The number of benzene rings is 1. The summed E-state index contributed by atoms with van der Waals surface area (Å²) in [6.07, 6.45) is -3.03. The fourth-order valence-electron chi connectivity index (χ4n) is 2.33. The smallest absolute Gasteiger partial charge is 0.406 e. The van der Waals surface area contributed by atoms with Crippen molar-refractivity contribution in [1.82, 2.24) is 4.31 Å². The normalized spacial score (nSPS) is 21.2. The van der Waals surface area contributed by atoms with Crippen LogP contribution in [-0.2, 0) is 10.0 Å². The van der Waals surface area contributed by atoms with Crippen molar-refractivity contribution in [2.75, 3.05) is 13.1 Å². The van der Waals surface area contributed by atoms with Gasteiger partial charge >= 0.3 is 6.36 Å². The molecule has 0 N–H and O–H groups in total. The highest BCUT2D eigenvalue weighted by atomic mass is 32.2. The Morgan fingerprint density at radius 2 is 1.86 bits per heavy atom. The van der Waals surface area contributed by atoms with E-state index in [2.05, 4.69) is 4.74 Å². The summed E-state index contributed by atoms with van der Waals surface area (Å²) in [4.78, 5) is -0.0221. The van der Waals surface area contributed by atoms with Crippen LogP contribution in [0.1, 0.15) is 19.8 Å². The maximum absolute atomic E-state index is 12.4. The molecule has 1 atom stereocenters. The molecule has 1 fully saturated rings. The number of hydrogen-bond acceptors (Lipinski definition) is 3. The molecule has 0 aromatic heterocycles. The monoisotopic (exact) mass is 323 g/mol. The third-order valence-electron chi connectivity index (χ3n) is 3.31. The van der Waals surface area contributed by atoms with Crippen molar-refractivity contribution in [2.45, 2.75) is 31.0 Å². The standard InChI is InChI=1S/C13H16F3NO3S/c1-10-3-2-8-17(9-10)21(18,19)12-6-4-11(5-7-12)20-13(14,15)16/h4-7,10H,2-3,8-9H2,1H3/t10-/m1/s1. The SMILES string of the molecule is C[C@@H]1CCCN(S(=O)(=O)c2ccc(OC(F)(F)F)cc2)C1. The zero-order chi connectivity index (χ0) is 15.7. The zero-order valence-electron chi connectivity index (χ0n) is 11.4. The van der Waals surface area contributed by atoms with Crippen molar-refractivity contribution in [3.05, 3.63) is 24.3 Å². The minimum absolute atomic E-state index is 0.0221. The van der Waals surface area contributed by atoms with Crippen molar-refractivity contribution in [3.8, 4) is 5.75 Å². The van der Waals surface area contributed by atoms with Gasteiger partial charge < -0.3 is 4.74 Å². The molecular weight excluding hydrogens is 307 g/mol. The first kappa shape index (κ1) is 16.1. The summed E-state index contributed by atoms with van der Waals surface area (Å²) >= 11 is 0. The van der Waals surface area contributed by atoms with Gasteiger partial charge in [0.25, 0.3) is 0 Å². The van der Waals surface area contributed by atoms with Crippen LogP contribution in [-0.4, -0.2) is 32.2 Å². The molecule has 0 radical (unpaired) electrons. The molecule has 21 heavy (non-hydrogen) atoms. The Kier molecular flexibility index (Phi) is 4.48. The number of hydrogen-bond donors (Lipinski definition) is 0. The fourth-order valence-corrected chi connectivity index (χ4v) is 3.93. The van der Waals surface area contributed by atoms with Crippen molar-refractivity contribution < 1.29 is 26.3 Å². The third kappa shape index (κ3) is 4.10. The molecule has 1 aromatic carbocycles. The lowest BCUT2D eigenvalue weighted by Crippen LogP contribution is -2.39. The van der Waals surface area contributed by atoms with E-state index in [-0.39, 0.29) is 10.8 Å². The highest BCUT2D eigenvalue weighted by Gasteiger charge is 2.32. The highest BCUT2D eigenvalue weighted by molar-refractivity contribution is 7.89. The van der Waals surface area contributed by atoms with Gasteiger partial charge in [-0.05, 0) is 43.0 Å². The van der Waals surface area contributed by atoms with Gasteiger partial charge in [-0.3, -0.25) is 0 Å². The van der Waals surface area contributed by atoms with Gasteiger partial charge in [0.1, 0.15) is 5.75 Å². The molecule has 0 aliphatic carbocycles. The number of piperidine rings is 1. The molecule has 1 aliphatic heterocycles. The van der Waals surface area contributed by atoms with Crippen LogP contribution < -0.4 is 4.74 Å². The van der Waals surface area contributed by atoms with Crippen LogP contribution in [0.4, 0.5) is 13.2 Å². The van der Waals surface area contributed by atoms with E-state index in [9.17, 15) is 21.6 Å². The molecule has 4 nitrogen and oxygen atoms in total. The van der Waals surface area contributed by atoms with Crippen LogP contribution in [0.2, 0.25) is 0 Å². The van der Waals surface area contributed by atoms with Gasteiger partial charge in [-0.1, -0.05) is 6.92 Å². The largest absolute Gasteiger partial charge is 0.573 e. The number of ether oxygens (including phenoxy) is 1. The van der Waals surface area contributed by atoms with Gasteiger partial charge in [0, 0.05) is 13.1 Å². The Labute approximate surface area is 121 Å². The van der Waals surface area contributed by atoms with Gasteiger partial charge in [0.15, 0.2) is 0 Å². The molecule has 2 rings (SSSR count). The van der Waals surface area contributed by atoms with E-state index in [1.54, 1.807) is 0 Å². The number of halogens is 3. The molecule has 118 valence electrons. The van der Waals surface area contributed by atoms with Crippen molar-refractivity contribution in [1.29, 1.82) is 0 Å². The summed E-state index contributed by atoms with van der Waals surface area (Å²) in [5, 5.41) is 0. The average Bonchev–Trinajstić information content (AvgIpc) is 2.37. The number of rotatable bonds is 3. The predicted molar refractivity (Wildman–Crippen MR) is 70.3 cm³/mol. The second-order valence-electron chi connectivity index (χ2n) is 5.13. The van der Waals surface area contributed by atoms with Crippen LogP contribution in [0, 0.1) is 5.92 Å². The molecule has 1 saturated heterocycles. The minimum Gasteiger partial charge on any atom is -0.406 e. The van der Waals surface area contributed by atoms with E-state index in [0.29, 0.717) is 13.1 Å². The summed E-state index contributed by atoms with van der Waals surface area (Å²) in [6.45, 7) is 2.85. The third-order valence-corrected chi connectivity index (χ3v) is 5.19. The van der Waals surface area contributed by atoms with Gasteiger partial charge in [-0.2, -0.15) is 4.31 Å². The number of sulfonamides is 1. The predicted octanol–water partition coefficient (Wildman–Crippen LogP) is 3.01. The Balaban J connectivity index is 2.17. The van der Waals surface area contributed by atoms with E-state index >= 15 is 0 Å². The summed E-state index contributed by atoms with van der Waals surface area (Å²) in [5.74, 6) is -0.158. The van der Waals surface area contributed by atoms with Crippen LogP contribution in [0.25, 0.3) is 0 Å². The molecule has 0 saturated carbocycles. The molecule has 0 amide bonds. The van der Waals surface area contributed by atoms with Crippen LogP contribution in [0.5, 0.6) is 5.75 Å². The van der Waals surface area contributed by atoms with Gasteiger partial charge in [-0.15, -0.1) is 13.2 Å². The second-order valence-corrected chi connectivity index (χ2v) is 7.07. The molecule has 1 heterocycles. The van der Waals surface area contributed by atoms with E-state index < -0.39 is 22.1 Å². The fraction of sp³-hybridized carbons (Fsp3) is 0.538. The van der Waals surface area contributed by atoms with Crippen molar-refractivity contribution in [3.63, 3.8) is 0 Å². The molecule has 0 spiro atoms. The molecule has 1 aliphatic rings. The molecule has 0 bridgehead atoms. The van der Waals surface area contributed by atoms with E-state index in [4.69, 9.17) is 0 Å². The van der Waals surface area contributed by atoms with Gasteiger partial charge in [0.2, 0.25) is 10.0 Å². The van der Waals surface area contributed by atoms with Crippen LogP contribution in [0.15, 0.2) is 29.2 Å². The number of alkyl halides is 3. The first-order valence-electron chi connectivity index (χ1n) is 6.54. The lowest BCUT2D eigenvalue weighted by molar-refractivity contribution is -0.274. The number of nitrogens with zero attached hydrogens (tertiary/aromatic N) is 1. The first-order chi connectivity index (χ1) is 9.68. The van der Waals surface area contributed by atoms with Crippen molar-refractivity contribution >= 4 is 10.0 Å². The van der Waals surface area contributed by atoms with Crippen LogP contribution >= 0.6 is 0 Å². The van der Waals surface area contributed by atoms with Gasteiger partial charge in [-0.25, -0.2) is 8.42 Å². The summed E-state index contributed by atoms with van der Waals surface area (Å²) in [7, 11) is -3.66. The summed E-state index contributed by atoms with van der Waals surface area (Å²) < 4.78 is 66.1. The van der Waals surface area contributed by atoms with E-state index in [1.165, 1.54) is 4.31 Å². The first-order valence-corrected chi connectivity index (χ1v) is 7.98. The summed E-state index contributed by atoms with van der Waals surface area (Å²) in [5.41, 5.74) is 0. The lowest BCUT2D eigenvalue weighted by Gasteiger charge is -2.30. The lowest BCUT2D eigenvalue weighted by atomic mass is 10.0. The Morgan fingerprint density at radius 3 is 2.38 bits per heavy atom. The molecule has 0 unspecified atom stereocenters. The van der Waals surface area contributed by atoms with Crippen molar-refractivity contribution in [2.24, 2.45) is 5.92 Å². The quantitative estimate of drug-likeness (QED) is 0.859. The van der Waals surface area contributed by atoms with E-state index in [0.717, 1.165) is 37.1 Å². The topological polar surface area (TPSA) is 46.6 Å². The second kappa shape index (κ2) is 5.84. The maximum atomic E-state index is 12.4.